The molecule has 0 aliphatic heterocycles. The highest BCUT2D eigenvalue weighted by molar-refractivity contribution is 6.33. The zero-order valence-corrected chi connectivity index (χ0v) is 7.31. The number of fused-ring (bicyclic) bond motifs is 1. The molecule has 0 amide bonds. The lowest BCUT2D eigenvalue weighted by Gasteiger charge is -1.93. The van der Waals surface area contributed by atoms with Crippen molar-refractivity contribution in [1.82, 2.24) is 4.98 Å². The Morgan fingerprint density at radius 1 is 1.25 bits per heavy atom. The van der Waals surface area contributed by atoms with E-state index in [1.165, 1.54) is 16.6 Å². The van der Waals surface area contributed by atoms with E-state index in [9.17, 15) is 0 Å². The molecule has 2 radical (unpaired) electrons. The molecule has 0 atom stereocenters. The predicted octanol–water partition coefficient (Wildman–Crippen LogP) is 1.58. The van der Waals surface area contributed by atoms with Gasteiger partial charge in [-0.1, -0.05) is 17.6 Å². The van der Waals surface area contributed by atoms with Crippen LogP contribution in [-0.2, 0) is 0 Å². The van der Waals surface area contributed by atoms with Crippen molar-refractivity contribution in [3.8, 4) is 0 Å². The molecule has 1 aromatic heterocycles. The first-order valence-electron chi connectivity index (χ1n) is 4.03. The standard InChI is InChI=1S/C10H10BN/c1-6-7(2)12-10-5-8(11)3-4-9(6)10/h3-5,12H,1-2H3. The Morgan fingerprint density at radius 2 is 2.00 bits per heavy atom. The lowest BCUT2D eigenvalue weighted by molar-refractivity contribution is 1.25. The Hall–Kier alpha value is -1.18. The van der Waals surface area contributed by atoms with Gasteiger partial charge in [-0.25, -0.2) is 0 Å². The minimum absolute atomic E-state index is 0.809. The Balaban J connectivity index is 2.87. The van der Waals surface area contributed by atoms with Gasteiger partial charge in [0.15, 0.2) is 0 Å². The number of aromatic amines is 1. The highest BCUT2D eigenvalue weighted by atomic mass is 14.7. The van der Waals surface area contributed by atoms with Crippen LogP contribution >= 0.6 is 0 Å². The van der Waals surface area contributed by atoms with Gasteiger partial charge in [0, 0.05) is 16.6 Å². The molecule has 0 spiro atoms. The summed E-state index contributed by atoms with van der Waals surface area (Å²) in [6.07, 6.45) is 0. The van der Waals surface area contributed by atoms with Gasteiger partial charge in [-0.05, 0) is 25.5 Å². The fourth-order valence-corrected chi connectivity index (χ4v) is 1.49. The van der Waals surface area contributed by atoms with Gasteiger partial charge in [0.05, 0.1) is 0 Å². The zero-order chi connectivity index (χ0) is 8.72. The molecule has 1 heterocycles. The van der Waals surface area contributed by atoms with E-state index in [1.54, 1.807) is 0 Å². The van der Waals surface area contributed by atoms with Crippen LogP contribution in [0.4, 0.5) is 0 Å². The van der Waals surface area contributed by atoms with Gasteiger partial charge >= 0.3 is 0 Å². The average molecular weight is 155 g/mol. The molecule has 2 aromatic rings. The summed E-state index contributed by atoms with van der Waals surface area (Å²) in [5.41, 5.74) is 4.47. The second kappa shape index (κ2) is 2.41. The number of hydrogen-bond acceptors (Lipinski definition) is 0. The van der Waals surface area contributed by atoms with Gasteiger partial charge in [0.25, 0.3) is 0 Å². The molecule has 0 unspecified atom stereocenters. The van der Waals surface area contributed by atoms with Gasteiger partial charge in [-0.3, -0.25) is 0 Å². The minimum Gasteiger partial charge on any atom is -0.358 e. The van der Waals surface area contributed by atoms with E-state index in [-0.39, 0.29) is 0 Å². The van der Waals surface area contributed by atoms with Gasteiger partial charge in [0.1, 0.15) is 7.85 Å². The summed E-state index contributed by atoms with van der Waals surface area (Å²) < 4.78 is 0. The monoisotopic (exact) mass is 155 g/mol. The predicted molar refractivity (Wildman–Crippen MR) is 53.2 cm³/mol. The molecule has 58 valence electrons. The number of H-pyrrole nitrogens is 1. The number of aryl methyl sites for hydroxylation is 2. The molecule has 2 rings (SSSR count). The molecule has 1 aromatic carbocycles. The van der Waals surface area contributed by atoms with E-state index in [0.717, 1.165) is 11.0 Å². The highest BCUT2D eigenvalue weighted by Gasteiger charge is 2.02. The zero-order valence-electron chi connectivity index (χ0n) is 7.31. The van der Waals surface area contributed by atoms with E-state index in [1.807, 2.05) is 12.1 Å². The summed E-state index contributed by atoms with van der Waals surface area (Å²) in [6, 6.07) is 5.96. The summed E-state index contributed by atoms with van der Waals surface area (Å²) in [4.78, 5) is 3.29. The summed E-state index contributed by atoms with van der Waals surface area (Å²) in [6.45, 7) is 4.19. The first kappa shape index (κ1) is 7.47. The lowest BCUT2D eigenvalue weighted by atomic mass is 9.95. The highest BCUT2D eigenvalue weighted by Crippen LogP contribution is 2.19. The van der Waals surface area contributed by atoms with Crippen molar-refractivity contribution >= 4 is 24.2 Å². The molecule has 0 saturated heterocycles. The van der Waals surface area contributed by atoms with Gasteiger partial charge in [-0.15, -0.1) is 0 Å². The molecule has 0 bridgehead atoms. The van der Waals surface area contributed by atoms with E-state index < -0.39 is 0 Å². The number of aromatic nitrogens is 1. The maximum absolute atomic E-state index is 5.66. The SMILES string of the molecule is [B]c1ccc2c(C)c(C)[nH]c2c1. The smallest absolute Gasteiger partial charge is 0.113 e. The van der Waals surface area contributed by atoms with Crippen LogP contribution in [0.1, 0.15) is 11.3 Å². The molecule has 1 nitrogen and oxygen atoms in total. The van der Waals surface area contributed by atoms with Gasteiger partial charge in [0.2, 0.25) is 0 Å². The number of benzene rings is 1. The first-order chi connectivity index (χ1) is 5.68. The van der Waals surface area contributed by atoms with Crippen LogP contribution in [0.15, 0.2) is 18.2 Å². The summed E-state index contributed by atoms with van der Waals surface area (Å²) in [7, 11) is 5.66. The van der Waals surface area contributed by atoms with Gasteiger partial charge in [-0.2, -0.15) is 0 Å². The third-order valence-electron chi connectivity index (χ3n) is 2.33. The van der Waals surface area contributed by atoms with Crippen LogP contribution in [0.25, 0.3) is 10.9 Å². The van der Waals surface area contributed by atoms with Crippen molar-refractivity contribution in [2.45, 2.75) is 13.8 Å². The van der Waals surface area contributed by atoms with E-state index in [0.29, 0.717) is 0 Å². The van der Waals surface area contributed by atoms with Crippen LogP contribution in [-0.4, -0.2) is 12.8 Å². The topological polar surface area (TPSA) is 15.8 Å². The van der Waals surface area contributed by atoms with Crippen molar-refractivity contribution in [2.24, 2.45) is 0 Å². The number of rotatable bonds is 0. The Labute approximate surface area is 73.2 Å². The normalized spacial score (nSPS) is 10.8. The van der Waals surface area contributed by atoms with Crippen LogP contribution in [0.5, 0.6) is 0 Å². The van der Waals surface area contributed by atoms with Crippen LogP contribution in [0.3, 0.4) is 0 Å². The first-order valence-corrected chi connectivity index (χ1v) is 4.03. The van der Waals surface area contributed by atoms with Crippen molar-refractivity contribution in [1.29, 1.82) is 0 Å². The molecule has 12 heavy (non-hydrogen) atoms. The maximum Gasteiger partial charge on any atom is 0.113 e. The number of hydrogen-bond donors (Lipinski definition) is 1. The Morgan fingerprint density at radius 3 is 2.75 bits per heavy atom. The fraction of sp³-hybridized carbons (Fsp3) is 0.200. The van der Waals surface area contributed by atoms with Crippen molar-refractivity contribution in [3.63, 3.8) is 0 Å². The molecule has 2 heteroatoms. The molecule has 0 fully saturated rings. The van der Waals surface area contributed by atoms with Crippen molar-refractivity contribution < 1.29 is 0 Å². The van der Waals surface area contributed by atoms with Crippen LogP contribution in [0, 0.1) is 13.8 Å². The van der Waals surface area contributed by atoms with E-state index >= 15 is 0 Å². The van der Waals surface area contributed by atoms with Crippen molar-refractivity contribution in [3.05, 3.63) is 29.5 Å². The Kier molecular flexibility index (Phi) is 1.50. The molecule has 0 aliphatic carbocycles. The summed E-state index contributed by atoms with van der Waals surface area (Å²) >= 11 is 0. The molecule has 0 aliphatic rings. The van der Waals surface area contributed by atoms with Crippen LogP contribution < -0.4 is 5.46 Å². The molecule has 0 saturated carbocycles. The maximum atomic E-state index is 5.66. The van der Waals surface area contributed by atoms with E-state index in [4.69, 9.17) is 7.85 Å². The second-order valence-corrected chi connectivity index (χ2v) is 3.18. The largest absolute Gasteiger partial charge is 0.358 e. The number of nitrogens with one attached hydrogen (secondary N) is 1. The molecular weight excluding hydrogens is 145 g/mol. The van der Waals surface area contributed by atoms with Crippen molar-refractivity contribution in [2.75, 3.05) is 0 Å². The average Bonchev–Trinajstić information content (AvgIpc) is 2.28. The third-order valence-corrected chi connectivity index (χ3v) is 2.33. The van der Waals surface area contributed by atoms with E-state index in [2.05, 4.69) is 24.9 Å². The lowest BCUT2D eigenvalue weighted by Crippen LogP contribution is -1.99. The quantitative estimate of drug-likeness (QED) is 0.556. The van der Waals surface area contributed by atoms with Gasteiger partial charge < -0.3 is 4.98 Å². The summed E-state index contributed by atoms with van der Waals surface area (Å²) in [5, 5.41) is 1.27. The second-order valence-electron chi connectivity index (χ2n) is 3.18. The fourth-order valence-electron chi connectivity index (χ4n) is 1.49. The molecular formula is C10H10BN. The summed E-state index contributed by atoms with van der Waals surface area (Å²) in [5.74, 6) is 0. The minimum atomic E-state index is 0.809. The molecule has 1 N–H and O–H groups in total. The Bertz CT molecular complexity index is 429. The van der Waals surface area contributed by atoms with Crippen LogP contribution in [0.2, 0.25) is 0 Å². The third kappa shape index (κ3) is 0.952.